The molecule has 0 aromatic rings. The molecule has 1 aliphatic rings. The molecule has 0 aromatic carbocycles. The first-order chi connectivity index (χ1) is 9.63. The molecule has 0 unspecified atom stereocenters. The minimum absolute atomic E-state index is 0.657. The monoisotopic (exact) mass is 282 g/mol. The maximum absolute atomic E-state index is 4.14. The van der Waals surface area contributed by atoms with Crippen LogP contribution < -0.4 is 5.32 Å². The number of guanidine groups is 1. The van der Waals surface area contributed by atoms with E-state index in [0.717, 1.165) is 12.3 Å². The number of likely N-dealkylation sites (tertiary alicyclic amines) is 1. The van der Waals surface area contributed by atoms with Crippen molar-refractivity contribution in [1.29, 1.82) is 0 Å². The topological polar surface area (TPSA) is 40.0 Å². The largest absolute Gasteiger partial charge is 0.355 e. The van der Waals surface area contributed by atoms with Gasteiger partial charge < -0.3 is 10.2 Å². The zero-order valence-corrected chi connectivity index (χ0v) is 14.4. The molecule has 1 fully saturated rings. The van der Waals surface area contributed by atoms with Gasteiger partial charge in [-0.25, -0.2) is 4.99 Å². The number of hydrogen-bond donors (Lipinski definition) is 1. The molecule has 1 heterocycles. The molecule has 0 saturated carbocycles. The van der Waals surface area contributed by atoms with Gasteiger partial charge in [0.25, 0.3) is 0 Å². The summed E-state index contributed by atoms with van der Waals surface area (Å²) in [5, 5.41) is 3.01. The molecule has 1 rings (SSSR count). The van der Waals surface area contributed by atoms with Crippen LogP contribution in [0.25, 0.3) is 0 Å². The number of nitrogens with one attached hydrogen (secondary N) is 1. The Balaban J connectivity index is 0. The fourth-order valence-electron chi connectivity index (χ4n) is 1.59. The SMILES string of the molecule is C=C/C(C)=N\C(=NC)NCC.CC.CN1CCCCC1. The molecule has 0 amide bonds. The molecule has 0 radical (unpaired) electrons. The third kappa shape index (κ3) is 13.3. The first-order valence-electron chi connectivity index (χ1n) is 7.71. The van der Waals surface area contributed by atoms with Gasteiger partial charge in [-0.1, -0.05) is 26.8 Å². The summed E-state index contributed by atoms with van der Waals surface area (Å²) in [4.78, 5) is 10.5. The standard InChI is InChI=1S/C8H15N3.C6H13N.C2H6/c1-5-7(3)11-8(9-4)10-6-2;1-7-5-3-2-4-6-7;1-2/h5H,1,6H2,2-4H3,(H,9,10);2-6H2,1H3;1-2H3/b11-7-;;. The molecule has 4 heteroatoms. The van der Waals surface area contributed by atoms with Crippen LogP contribution in [0.1, 0.15) is 47.0 Å². The summed E-state index contributed by atoms with van der Waals surface area (Å²) in [6, 6.07) is 0. The van der Waals surface area contributed by atoms with Crippen molar-refractivity contribution in [2.24, 2.45) is 9.98 Å². The Hall–Kier alpha value is -1.16. The van der Waals surface area contributed by atoms with Gasteiger partial charge in [0.2, 0.25) is 5.96 Å². The fraction of sp³-hybridized carbons (Fsp3) is 0.750. The summed E-state index contributed by atoms with van der Waals surface area (Å²) in [6.07, 6.45) is 5.97. The van der Waals surface area contributed by atoms with Crippen LogP contribution in [-0.4, -0.2) is 50.3 Å². The second-order valence-corrected chi connectivity index (χ2v) is 4.40. The molecule has 0 atom stereocenters. The summed E-state index contributed by atoms with van der Waals surface area (Å²) >= 11 is 0. The van der Waals surface area contributed by atoms with E-state index in [4.69, 9.17) is 0 Å². The highest BCUT2D eigenvalue weighted by Gasteiger charge is 2.02. The molecule has 118 valence electrons. The van der Waals surface area contributed by atoms with Crippen LogP contribution >= 0.6 is 0 Å². The van der Waals surface area contributed by atoms with Gasteiger partial charge in [-0.15, -0.1) is 0 Å². The Morgan fingerprint density at radius 1 is 1.25 bits per heavy atom. The number of rotatable bonds is 2. The minimum Gasteiger partial charge on any atom is -0.355 e. The quantitative estimate of drug-likeness (QED) is 0.623. The van der Waals surface area contributed by atoms with Crippen LogP contribution in [0.5, 0.6) is 0 Å². The van der Waals surface area contributed by atoms with E-state index in [-0.39, 0.29) is 0 Å². The van der Waals surface area contributed by atoms with Crippen LogP contribution in [-0.2, 0) is 0 Å². The van der Waals surface area contributed by atoms with E-state index in [2.05, 4.69) is 33.8 Å². The fourth-order valence-corrected chi connectivity index (χ4v) is 1.59. The Bertz CT molecular complexity index is 276. The third-order valence-electron chi connectivity index (χ3n) is 2.70. The predicted molar refractivity (Wildman–Crippen MR) is 93.0 cm³/mol. The summed E-state index contributed by atoms with van der Waals surface area (Å²) in [5.74, 6) is 0.657. The molecule has 0 aromatic heterocycles. The highest BCUT2D eigenvalue weighted by Crippen LogP contribution is 2.04. The zero-order valence-electron chi connectivity index (χ0n) is 14.4. The van der Waals surface area contributed by atoms with Gasteiger partial charge in [0.15, 0.2) is 0 Å². The zero-order chi connectivity index (χ0) is 15.8. The predicted octanol–water partition coefficient (Wildman–Crippen LogP) is 3.36. The summed E-state index contributed by atoms with van der Waals surface area (Å²) < 4.78 is 0. The third-order valence-corrected chi connectivity index (χ3v) is 2.70. The second-order valence-electron chi connectivity index (χ2n) is 4.40. The normalized spacial score (nSPS) is 16.3. The molecule has 0 aliphatic carbocycles. The van der Waals surface area contributed by atoms with E-state index in [1.807, 2.05) is 27.7 Å². The molecule has 0 spiro atoms. The van der Waals surface area contributed by atoms with Crippen LogP contribution in [0.2, 0.25) is 0 Å². The molecule has 1 saturated heterocycles. The van der Waals surface area contributed by atoms with E-state index in [1.165, 1.54) is 32.4 Å². The van der Waals surface area contributed by atoms with Crippen molar-refractivity contribution in [2.45, 2.75) is 47.0 Å². The second kappa shape index (κ2) is 15.9. The van der Waals surface area contributed by atoms with Gasteiger partial charge in [0.05, 0.1) is 0 Å². The van der Waals surface area contributed by atoms with Gasteiger partial charge in [0, 0.05) is 19.3 Å². The van der Waals surface area contributed by atoms with Gasteiger partial charge in [-0.3, -0.25) is 4.99 Å². The van der Waals surface area contributed by atoms with Crippen LogP contribution in [0.15, 0.2) is 22.6 Å². The van der Waals surface area contributed by atoms with Crippen molar-refractivity contribution in [3.63, 3.8) is 0 Å². The number of piperidine rings is 1. The Morgan fingerprint density at radius 3 is 2.10 bits per heavy atom. The van der Waals surface area contributed by atoms with Crippen molar-refractivity contribution in [2.75, 3.05) is 33.7 Å². The van der Waals surface area contributed by atoms with Gasteiger partial charge in [-0.05, 0) is 52.9 Å². The van der Waals surface area contributed by atoms with E-state index in [1.54, 1.807) is 13.1 Å². The van der Waals surface area contributed by atoms with Gasteiger partial charge in [0.1, 0.15) is 0 Å². The van der Waals surface area contributed by atoms with Crippen LogP contribution in [0.4, 0.5) is 0 Å². The van der Waals surface area contributed by atoms with Crippen molar-refractivity contribution in [3.05, 3.63) is 12.7 Å². The van der Waals surface area contributed by atoms with Crippen molar-refractivity contribution in [1.82, 2.24) is 10.2 Å². The minimum atomic E-state index is 0.657. The number of nitrogens with zero attached hydrogens (tertiary/aromatic N) is 3. The van der Waals surface area contributed by atoms with E-state index in [9.17, 15) is 0 Å². The highest BCUT2D eigenvalue weighted by atomic mass is 15.1. The number of aliphatic imine (C=N–C) groups is 2. The van der Waals surface area contributed by atoms with Crippen molar-refractivity contribution < 1.29 is 0 Å². The molecule has 0 bridgehead atoms. The Morgan fingerprint density at radius 2 is 1.80 bits per heavy atom. The van der Waals surface area contributed by atoms with E-state index in [0.29, 0.717) is 5.96 Å². The summed E-state index contributed by atoms with van der Waals surface area (Å²) in [7, 11) is 3.90. The van der Waals surface area contributed by atoms with E-state index < -0.39 is 0 Å². The summed E-state index contributed by atoms with van der Waals surface area (Å²) in [5.41, 5.74) is 0.867. The molecule has 4 nitrogen and oxygen atoms in total. The average Bonchev–Trinajstić information content (AvgIpc) is 2.50. The van der Waals surface area contributed by atoms with Gasteiger partial charge in [-0.2, -0.15) is 0 Å². The maximum Gasteiger partial charge on any atom is 0.217 e. The summed E-state index contributed by atoms with van der Waals surface area (Å²) in [6.45, 7) is 15.0. The van der Waals surface area contributed by atoms with E-state index >= 15 is 0 Å². The van der Waals surface area contributed by atoms with Crippen LogP contribution in [0.3, 0.4) is 0 Å². The lowest BCUT2D eigenvalue weighted by atomic mass is 10.1. The molecular weight excluding hydrogens is 248 g/mol. The van der Waals surface area contributed by atoms with Crippen molar-refractivity contribution >= 4 is 11.7 Å². The highest BCUT2D eigenvalue weighted by molar-refractivity contribution is 6.01. The van der Waals surface area contributed by atoms with Gasteiger partial charge >= 0.3 is 0 Å². The molecule has 1 aliphatic heterocycles. The molecule has 1 N–H and O–H groups in total. The Labute approximate surface area is 126 Å². The van der Waals surface area contributed by atoms with Crippen molar-refractivity contribution in [3.8, 4) is 0 Å². The Kier molecular flexibility index (Phi) is 16.8. The lowest BCUT2D eigenvalue weighted by Gasteiger charge is -2.20. The average molecular weight is 282 g/mol. The smallest absolute Gasteiger partial charge is 0.217 e. The maximum atomic E-state index is 4.14. The van der Waals surface area contributed by atoms with Crippen LogP contribution in [0, 0.1) is 0 Å². The molecular formula is C16H34N4. The lowest BCUT2D eigenvalue weighted by Crippen LogP contribution is -2.24. The number of hydrogen-bond acceptors (Lipinski definition) is 2. The first-order valence-corrected chi connectivity index (χ1v) is 7.71. The number of allylic oxidation sites excluding steroid dienone is 1. The molecule has 20 heavy (non-hydrogen) atoms. The lowest BCUT2D eigenvalue weighted by molar-refractivity contribution is 0.277. The first kappa shape index (κ1) is 21.1.